The van der Waals surface area contributed by atoms with Gasteiger partial charge in [0.05, 0.1) is 19.3 Å². The molecule has 1 atom stereocenters. The summed E-state index contributed by atoms with van der Waals surface area (Å²) >= 11 is 0. The van der Waals surface area contributed by atoms with E-state index >= 15 is 0 Å². The topological polar surface area (TPSA) is 110 Å². The van der Waals surface area contributed by atoms with Gasteiger partial charge in [-0.05, 0) is 32.1 Å². The Morgan fingerprint density at radius 2 is 0.632 bits per heavy atom. The standard InChI is InChI=1S/C50H96O7/c1-2-3-4-5-6-7-8-10-17-22-27-32-37-42-49(54)56-45-39-34-29-24-19-14-9-11-18-23-28-33-38-43-50(55)57-46-44-47(51)40-35-30-25-20-15-12-13-16-21-26-31-36-41-48(52)53/h47,51H,2-46H2,1H3,(H,52,53). The number of hydrogen-bond donors (Lipinski definition) is 2. The van der Waals surface area contributed by atoms with E-state index in [0.29, 0.717) is 38.9 Å². The van der Waals surface area contributed by atoms with Crippen LogP contribution in [0, 0.1) is 0 Å². The molecule has 0 heterocycles. The van der Waals surface area contributed by atoms with Crippen molar-refractivity contribution in [1.29, 1.82) is 0 Å². The molecule has 57 heavy (non-hydrogen) atoms. The number of esters is 2. The summed E-state index contributed by atoms with van der Waals surface area (Å²) < 4.78 is 10.8. The molecule has 0 aliphatic carbocycles. The highest BCUT2D eigenvalue weighted by atomic mass is 16.5. The van der Waals surface area contributed by atoms with Crippen molar-refractivity contribution in [3.05, 3.63) is 0 Å². The van der Waals surface area contributed by atoms with E-state index in [1.807, 2.05) is 0 Å². The zero-order valence-electron chi connectivity index (χ0n) is 37.8. The van der Waals surface area contributed by atoms with Crippen LogP contribution in [0.4, 0.5) is 0 Å². The summed E-state index contributed by atoms with van der Waals surface area (Å²) in [5.41, 5.74) is 0. The Bertz CT molecular complexity index is 847. The zero-order valence-corrected chi connectivity index (χ0v) is 37.8. The molecule has 0 fully saturated rings. The van der Waals surface area contributed by atoms with Gasteiger partial charge in [0.15, 0.2) is 0 Å². The molecule has 7 nitrogen and oxygen atoms in total. The number of carbonyl (C=O) groups is 3. The molecule has 0 aromatic carbocycles. The highest BCUT2D eigenvalue weighted by Crippen LogP contribution is 2.17. The fourth-order valence-electron chi connectivity index (χ4n) is 7.81. The number of rotatable bonds is 48. The number of aliphatic hydroxyl groups is 1. The summed E-state index contributed by atoms with van der Waals surface area (Å²) in [6.45, 7) is 3.20. The van der Waals surface area contributed by atoms with E-state index in [2.05, 4.69) is 6.92 Å². The molecule has 0 aliphatic rings. The first kappa shape index (κ1) is 55.4. The van der Waals surface area contributed by atoms with Gasteiger partial charge in [0, 0.05) is 25.7 Å². The molecule has 338 valence electrons. The third kappa shape index (κ3) is 48.6. The van der Waals surface area contributed by atoms with Crippen LogP contribution in [-0.4, -0.2) is 47.4 Å². The molecule has 1 unspecified atom stereocenters. The first-order chi connectivity index (χ1) is 28.0. The molecule has 0 saturated carbocycles. The van der Waals surface area contributed by atoms with E-state index < -0.39 is 5.97 Å². The van der Waals surface area contributed by atoms with Crippen molar-refractivity contribution in [3.63, 3.8) is 0 Å². The van der Waals surface area contributed by atoms with Crippen LogP contribution in [0.25, 0.3) is 0 Å². The minimum Gasteiger partial charge on any atom is -0.481 e. The Labute approximate surface area is 353 Å². The maximum Gasteiger partial charge on any atom is 0.305 e. The fraction of sp³-hybridized carbons (Fsp3) is 0.940. The van der Waals surface area contributed by atoms with Crippen LogP contribution in [-0.2, 0) is 23.9 Å². The van der Waals surface area contributed by atoms with Crippen molar-refractivity contribution in [2.75, 3.05) is 13.2 Å². The van der Waals surface area contributed by atoms with Gasteiger partial charge >= 0.3 is 17.9 Å². The predicted molar refractivity (Wildman–Crippen MR) is 240 cm³/mol. The average Bonchev–Trinajstić information content (AvgIpc) is 3.19. The molecular formula is C50H96O7. The van der Waals surface area contributed by atoms with Crippen molar-refractivity contribution < 1.29 is 34.1 Å². The Morgan fingerprint density at radius 1 is 0.351 bits per heavy atom. The van der Waals surface area contributed by atoms with Gasteiger partial charge < -0.3 is 19.7 Å². The number of hydrogen-bond acceptors (Lipinski definition) is 6. The lowest BCUT2D eigenvalue weighted by atomic mass is 10.0. The van der Waals surface area contributed by atoms with Crippen LogP contribution >= 0.6 is 0 Å². The first-order valence-corrected chi connectivity index (χ1v) is 25.2. The molecule has 2 N–H and O–H groups in total. The van der Waals surface area contributed by atoms with Crippen molar-refractivity contribution >= 4 is 17.9 Å². The zero-order chi connectivity index (χ0) is 41.5. The molecule has 0 saturated heterocycles. The molecular weight excluding hydrogens is 713 g/mol. The highest BCUT2D eigenvalue weighted by Gasteiger charge is 2.08. The number of carboxylic acids is 1. The van der Waals surface area contributed by atoms with Gasteiger partial charge in [0.2, 0.25) is 0 Å². The van der Waals surface area contributed by atoms with Crippen LogP contribution in [0.2, 0.25) is 0 Å². The highest BCUT2D eigenvalue weighted by molar-refractivity contribution is 5.69. The van der Waals surface area contributed by atoms with Gasteiger partial charge in [-0.2, -0.15) is 0 Å². The summed E-state index contributed by atoms with van der Waals surface area (Å²) in [4.78, 5) is 34.6. The number of aliphatic carboxylic acids is 1. The smallest absolute Gasteiger partial charge is 0.305 e. The fourth-order valence-corrected chi connectivity index (χ4v) is 7.81. The maximum absolute atomic E-state index is 12.1. The van der Waals surface area contributed by atoms with Gasteiger partial charge in [-0.3, -0.25) is 14.4 Å². The van der Waals surface area contributed by atoms with Crippen LogP contribution in [0.5, 0.6) is 0 Å². The van der Waals surface area contributed by atoms with Gasteiger partial charge in [-0.15, -0.1) is 0 Å². The Balaban J connectivity index is 3.28. The molecule has 0 aromatic rings. The number of carbonyl (C=O) groups excluding carboxylic acids is 2. The number of ether oxygens (including phenoxy) is 2. The average molecular weight is 809 g/mol. The summed E-state index contributed by atoms with van der Waals surface area (Å²) in [6, 6.07) is 0. The number of unbranched alkanes of at least 4 members (excludes halogenated alkanes) is 35. The van der Waals surface area contributed by atoms with E-state index in [9.17, 15) is 19.5 Å². The first-order valence-electron chi connectivity index (χ1n) is 25.2. The normalized spacial score (nSPS) is 11.9. The van der Waals surface area contributed by atoms with Crippen molar-refractivity contribution in [1.82, 2.24) is 0 Å². The van der Waals surface area contributed by atoms with Gasteiger partial charge in [0.25, 0.3) is 0 Å². The van der Waals surface area contributed by atoms with Crippen LogP contribution < -0.4 is 0 Å². The van der Waals surface area contributed by atoms with E-state index in [4.69, 9.17) is 14.6 Å². The Morgan fingerprint density at radius 3 is 0.982 bits per heavy atom. The van der Waals surface area contributed by atoms with Crippen LogP contribution in [0.15, 0.2) is 0 Å². The molecule has 0 radical (unpaired) electrons. The van der Waals surface area contributed by atoms with Crippen molar-refractivity contribution in [3.8, 4) is 0 Å². The largest absolute Gasteiger partial charge is 0.481 e. The molecule has 7 heteroatoms. The lowest BCUT2D eigenvalue weighted by Crippen LogP contribution is -2.13. The molecule has 0 bridgehead atoms. The quantitative estimate of drug-likeness (QED) is 0.0465. The van der Waals surface area contributed by atoms with Crippen molar-refractivity contribution in [2.24, 2.45) is 0 Å². The SMILES string of the molecule is CCCCCCCCCCCCCCCC(=O)OCCCCCCCCCCCCCCCC(=O)OCCC(O)CCCCCCCCCCCCCCC(=O)O. The van der Waals surface area contributed by atoms with Gasteiger partial charge in [-0.25, -0.2) is 0 Å². The second kappa shape index (κ2) is 47.1. The lowest BCUT2D eigenvalue weighted by molar-refractivity contribution is -0.145. The molecule has 0 rings (SSSR count). The van der Waals surface area contributed by atoms with Gasteiger partial charge in [0.1, 0.15) is 0 Å². The second-order valence-corrected chi connectivity index (χ2v) is 17.4. The number of aliphatic hydroxyl groups excluding tert-OH is 1. The minimum atomic E-state index is -0.684. The lowest BCUT2D eigenvalue weighted by Gasteiger charge is -2.11. The summed E-state index contributed by atoms with van der Waals surface area (Å²) in [6.07, 6.45) is 49.2. The predicted octanol–water partition coefficient (Wildman–Crippen LogP) is 15.3. The maximum atomic E-state index is 12.1. The van der Waals surface area contributed by atoms with E-state index in [1.165, 1.54) is 173 Å². The number of carboxylic acid groups (broad SMARTS) is 1. The third-order valence-electron chi connectivity index (χ3n) is 11.7. The minimum absolute atomic E-state index is 0.00368. The summed E-state index contributed by atoms with van der Waals surface area (Å²) in [7, 11) is 0. The van der Waals surface area contributed by atoms with E-state index in [0.717, 1.165) is 77.0 Å². The van der Waals surface area contributed by atoms with Gasteiger partial charge in [-0.1, -0.05) is 225 Å². The summed E-state index contributed by atoms with van der Waals surface area (Å²) in [5.74, 6) is -0.811. The van der Waals surface area contributed by atoms with E-state index in [-0.39, 0.29) is 18.0 Å². The van der Waals surface area contributed by atoms with Crippen molar-refractivity contribution in [2.45, 2.75) is 289 Å². The van der Waals surface area contributed by atoms with E-state index in [1.54, 1.807) is 0 Å². The van der Waals surface area contributed by atoms with Crippen LogP contribution in [0.1, 0.15) is 283 Å². The molecule has 0 spiro atoms. The monoisotopic (exact) mass is 809 g/mol. The molecule has 0 aliphatic heterocycles. The summed E-state index contributed by atoms with van der Waals surface area (Å²) in [5, 5.41) is 18.9. The molecule has 0 amide bonds. The third-order valence-corrected chi connectivity index (χ3v) is 11.7. The molecule has 0 aromatic heterocycles. The Hall–Kier alpha value is -1.63. The Kier molecular flexibility index (Phi) is 45.7. The second-order valence-electron chi connectivity index (χ2n) is 17.4. The van der Waals surface area contributed by atoms with Crippen LogP contribution in [0.3, 0.4) is 0 Å².